The van der Waals surface area contributed by atoms with Crippen molar-refractivity contribution in [3.63, 3.8) is 0 Å². The van der Waals surface area contributed by atoms with Crippen LogP contribution in [0, 0.1) is 5.82 Å². The van der Waals surface area contributed by atoms with Crippen LogP contribution in [0.4, 0.5) is 4.39 Å². The SMILES string of the molecule is COCCN(CC(=O)O)C(=O)COc1cccc(F)c1. The number of aliphatic carboxylic acids is 1. The molecule has 0 aromatic heterocycles. The molecule has 1 aromatic carbocycles. The zero-order valence-electron chi connectivity index (χ0n) is 11.0. The molecule has 0 aliphatic heterocycles. The molecule has 1 amide bonds. The van der Waals surface area contributed by atoms with Gasteiger partial charge in [0, 0.05) is 19.7 Å². The van der Waals surface area contributed by atoms with Crippen LogP contribution in [0.3, 0.4) is 0 Å². The molecule has 0 atom stereocenters. The Hall–Kier alpha value is -2.15. The maximum Gasteiger partial charge on any atom is 0.323 e. The number of carbonyl (C=O) groups is 2. The molecule has 0 unspecified atom stereocenters. The predicted molar refractivity (Wildman–Crippen MR) is 68.0 cm³/mol. The normalized spacial score (nSPS) is 10.1. The third kappa shape index (κ3) is 5.66. The summed E-state index contributed by atoms with van der Waals surface area (Å²) in [7, 11) is 1.45. The lowest BCUT2D eigenvalue weighted by Gasteiger charge is -2.20. The zero-order valence-corrected chi connectivity index (χ0v) is 11.0. The average Bonchev–Trinajstić information content (AvgIpc) is 2.40. The number of hydrogen-bond acceptors (Lipinski definition) is 4. The third-order valence-electron chi connectivity index (χ3n) is 2.40. The summed E-state index contributed by atoms with van der Waals surface area (Å²) in [6, 6.07) is 5.36. The molecule has 6 nitrogen and oxygen atoms in total. The highest BCUT2D eigenvalue weighted by molar-refractivity contribution is 5.82. The molecular formula is C13H16FNO5. The molecule has 0 heterocycles. The summed E-state index contributed by atoms with van der Waals surface area (Å²) in [5.41, 5.74) is 0. The van der Waals surface area contributed by atoms with Gasteiger partial charge in [-0.3, -0.25) is 9.59 Å². The number of benzene rings is 1. The Bertz CT molecular complexity index is 466. The van der Waals surface area contributed by atoms with Crippen molar-refractivity contribution in [3.8, 4) is 5.75 Å². The van der Waals surface area contributed by atoms with E-state index in [-0.39, 0.29) is 25.5 Å². The maximum absolute atomic E-state index is 12.9. The number of carboxylic acid groups (broad SMARTS) is 1. The number of ether oxygens (including phenoxy) is 2. The molecule has 0 radical (unpaired) electrons. The molecule has 1 aromatic rings. The molecule has 0 saturated carbocycles. The van der Waals surface area contributed by atoms with Crippen LogP contribution in [0.2, 0.25) is 0 Å². The predicted octanol–water partition coefficient (Wildman–Crippen LogP) is 0.764. The van der Waals surface area contributed by atoms with Crippen LogP contribution in [0.25, 0.3) is 0 Å². The Kier molecular flexibility index (Phi) is 6.45. The van der Waals surface area contributed by atoms with Crippen molar-refractivity contribution in [1.82, 2.24) is 4.90 Å². The van der Waals surface area contributed by atoms with Crippen LogP contribution in [0.5, 0.6) is 5.75 Å². The summed E-state index contributed by atoms with van der Waals surface area (Å²) >= 11 is 0. The van der Waals surface area contributed by atoms with Gasteiger partial charge in [-0.15, -0.1) is 0 Å². The van der Waals surface area contributed by atoms with Crippen molar-refractivity contribution in [3.05, 3.63) is 30.1 Å². The van der Waals surface area contributed by atoms with Gasteiger partial charge in [0.15, 0.2) is 6.61 Å². The van der Waals surface area contributed by atoms with Gasteiger partial charge in [-0.25, -0.2) is 4.39 Å². The molecule has 0 spiro atoms. The van der Waals surface area contributed by atoms with Crippen molar-refractivity contribution in [2.75, 3.05) is 33.4 Å². The number of carbonyl (C=O) groups excluding carboxylic acids is 1. The lowest BCUT2D eigenvalue weighted by molar-refractivity contribution is -0.145. The second kappa shape index (κ2) is 8.11. The van der Waals surface area contributed by atoms with E-state index >= 15 is 0 Å². The van der Waals surface area contributed by atoms with E-state index in [0.29, 0.717) is 0 Å². The van der Waals surface area contributed by atoms with Gasteiger partial charge in [-0.1, -0.05) is 6.07 Å². The van der Waals surface area contributed by atoms with E-state index in [1.165, 1.54) is 25.3 Å². The first-order valence-electron chi connectivity index (χ1n) is 5.90. The zero-order chi connectivity index (χ0) is 15.0. The van der Waals surface area contributed by atoms with Crippen LogP contribution >= 0.6 is 0 Å². The van der Waals surface area contributed by atoms with Gasteiger partial charge in [-0.2, -0.15) is 0 Å². The van der Waals surface area contributed by atoms with Crippen LogP contribution < -0.4 is 4.74 Å². The van der Waals surface area contributed by atoms with E-state index in [0.717, 1.165) is 11.0 Å². The Morgan fingerprint density at radius 2 is 2.15 bits per heavy atom. The molecule has 1 rings (SSSR count). The molecule has 0 fully saturated rings. The Balaban J connectivity index is 2.54. The van der Waals surface area contributed by atoms with E-state index in [1.807, 2.05) is 0 Å². The molecule has 7 heteroatoms. The largest absolute Gasteiger partial charge is 0.484 e. The number of nitrogens with zero attached hydrogens (tertiary/aromatic N) is 1. The van der Waals surface area contributed by atoms with Gasteiger partial charge in [0.25, 0.3) is 5.91 Å². The fourth-order valence-electron chi connectivity index (χ4n) is 1.45. The summed E-state index contributed by atoms with van der Waals surface area (Å²) in [6.07, 6.45) is 0. The first-order chi connectivity index (χ1) is 9.52. The van der Waals surface area contributed by atoms with E-state index in [1.54, 1.807) is 0 Å². The molecule has 1 N–H and O–H groups in total. The van der Waals surface area contributed by atoms with Gasteiger partial charge in [-0.05, 0) is 12.1 Å². The van der Waals surface area contributed by atoms with E-state index in [2.05, 4.69) is 0 Å². The highest BCUT2D eigenvalue weighted by atomic mass is 19.1. The quantitative estimate of drug-likeness (QED) is 0.763. The molecule has 0 bridgehead atoms. The second-order valence-electron chi connectivity index (χ2n) is 3.95. The fraction of sp³-hybridized carbons (Fsp3) is 0.385. The van der Waals surface area contributed by atoms with Crippen molar-refractivity contribution >= 4 is 11.9 Å². The number of methoxy groups -OCH3 is 1. The van der Waals surface area contributed by atoms with Crippen molar-refractivity contribution < 1.29 is 28.6 Å². The first kappa shape index (κ1) is 15.9. The summed E-state index contributed by atoms with van der Waals surface area (Å²) in [5.74, 6) is -1.90. The fourth-order valence-corrected chi connectivity index (χ4v) is 1.45. The van der Waals surface area contributed by atoms with Crippen LogP contribution in [0.15, 0.2) is 24.3 Å². The maximum atomic E-state index is 12.9. The monoisotopic (exact) mass is 285 g/mol. The molecule has 0 aliphatic carbocycles. The van der Waals surface area contributed by atoms with Gasteiger partial charge in [0.2, 0.25) is 0 Å². The molecule has 0 aliphatic rings. The molecule has 110 valence electrons. The Morgan fingerprint density at radius 3 is 2.75 bits per heavy atom. The number of rotatable bonds is 8. The number of hydrogen-bond donors (Lipinski definition) is 1. The van der Waals surface area contributed by atoms with Crippen molar-refractivity contribution in [2.45, 2.75) is 0 Å². The summed E-state index contributed by atoms with van der Waals surface area (Å²) in [6.45, 7) is -0.428. The van der Waals surface area contributed by atoms with Crippen molar-refractivity contribution in [2.24, 2.45) is 0 Å². The highest BCUT2D eigenvalue weighted by Gasteiger charge is 2.17. The lowest BCUT2D eigenvalue weighted by atomic mass is 10.3. The summed E-state index contributed by atoms with van der Waals surface area (Å²) in [5, 5.41) is 8.73. The number of carboxylic acids is 1. The molecular weight excluding hydrogens is 269 g/mol. The van der Waals surface area contributed by atoms with E-state index in [4.69, 9.17) is 14.6 Å². The Morgan fingerprint density at radius 1 is 1.40 bits per heavy atom. The summed E-state index contributed by atoms with van der Waals surface area (Å²) in [4.78, 5) is 23.6. The number of amides is 1. The first-order valence-corrected chi connectivity index (χ1v) is 5.90. The van der Waals surface area contributed by atoms with Crippen LogP contribution in [-0.2, 0) is 14.3 Å². The molecule has 0 saturated heterocycles. The minimum atomic E-state index is -1.12. The standard InChI is InChI=1S/C13H16FNO5/c1-19-6-5-15(8-13(17)18)12(16)9-20-11-4-2-3-10(14)7-11/h2-4,7H,5-6,8-9H2,1H3,(H,17,18). The molecule has 20 heavy (non-hydrogen) atoms. The topological polar surface area (TPSA) is 76.1 Å². The highest BCUT2D eigenvalue weighted by Crippen LogP contribution is 2.11. The average molecular weight is 285 g/mol. The Labute approximate surface area is 115 Å². The van der Waals surface area contributed by atoms with Crippen LogP contribution in [0.1, 0.15) is 0 Å². The van der Waals surface area contributed by atoms with Gasteiger partial charge >= 0.3 is 5.97 Å². The smallest absolute Gasteiger partial charge is 0.323 e. The van der Waals surface area contributed by atoms with Crippen LogP contribution in [-0.4, -0.2) is 55.3 Å². The minimum Gasteiger partial charge on any atom is -0.484 e. The second-order valence-corrected chi connectivity index (χ2v) is 3.95. The number of halogens is 1. The van der Waals surface area contributed by atoms with E-state index < -0.39 is 24.2 Å². The third-order valence-corrected chi connectivity index (χ3v) is 2.40. The van der Waals surface area contributed by atoms with E-state index in [9.17, 15) is 14.0 Å². The van der Waals surface area contributed by atoms with Gasteiger partial charge < -0.3 is 19.5 Å². The minimum absolute atomic E-state index is 0.147. The lowest BCUT2D eigenvalue weighted by Crippen LogP contribution is -2.40. The van der Waals surface area contributed by atoms with Gasteiger partial charge in [0.1, 0.15) is 18.1 Å². The van der Waals surface area contributed by atoms with Gasteiger partial charge in [0.05, 0.1) is 6.61 Å². The summed E-state index contributed by atoms with van der Waals surface area (Å²) < 4.78 is 22.9. The van der Waals surface area contributed by atoms with Crippen molar-refractivity contribution in [1.29, 1.82) is 0 Å².